The zero-order valence-electron chi connectivity index (χ0n) is 19.8. The van der Waals surface area contributed by atoms with Gasteiger partial charge in [0.05, 0.1) is 11.3 Å². The van der Waals surface area contributed by atoms with E-state index in [4.69, 9.17) is 4.98 Å². The van der Waals surface area contributed by atoms with Crippen LogP contribution < -0.4 is 10.6 Å². The van der Waals surface area contributed by atoms with Crippen molar-refractivity contribution >= 4 is 18.5 Å². The van der Waals surface area contributed by atoms with Gasteiger partial charge in [-0.2, -0.15) is 0 Å². The molecule has 2 fully saturated rings. The molecule has 0 atom stereocenters. The van der Waals surface area contributed by atoms with Gasteiger partial charge < -0.3 is 10.6 Å². The van der Waals surface area contributed by atoms with Crippen LogP contribution in [0.5, 0.6) is 0 Å². The second-order valence-electron chi connectivity index (χ2n) is 8.64. The minimum Gasteiger partial charge on any atom is -0.367 e. The van der Waals surface area contributed by atoms with Gasteiger partial charge in [-0.05, 0) is 69.3 Å². The summed E-state index contributed by atoms with van der Waals surface area (Å²) < 4.78 is 0. The molecule has 2 heterocycles. The van der Waals surface area contributed by atoms with Crippen molar-refractivity contribution in [3.63, 3.8) is 0 Å². The number of rotatable bonds is 12. The second-order valence-corrected chi connectivity index (χ2v) is 8.64. The number of hydrogen-bond acceptors (Lipinski definition) is 6. The van der Waals surface area contributed by atoms with Crippen LogP contribution >= 0.6 is 0 Å². The third-order valence-corrected chi connectivity index (χ3v) is 6.18. The lowest BCUT2D eigenvalue weighted by atomic mass is 9.95. The van der Waals surface area contributed by atoms with Crippen molar-refractivity contribution in [2.45, 2.75) is 57.5 Å². The van der Waals surface area contributed by atoms with Crippen molar-refractivity contribution in [3.8, 4) is 0 Å². The largest absolute Gasteiger partial charge is 0.367 e. The van der Waals surface area contributed by atoms with Gasteiger partial charge in [0.1, 0.15) is 12.5 Å². The highest BCUT2D eigenvalue weighted by molar-refractivity contribution is 6.10. The molecule has 1 saturated heterocycles. The molecule has 0 spiro atoms. The number of allylic oxidation sites excluding steroid dienone is 4. The van der Waals surface area contributed by atoms with Crippen LogP contribution in [-0.4, -0.2) is 48.6 Å². The van der Waals surface area contributed by atoms with Crippen molar-refractivity contribution in [2.24, 2.45) is 9.98 Å². The Morgan fingerprint density at radius 2 is 1.91 bits per heavy atom. The SMILES string of the molecule is C=C/C=C(\C=C)NC/N=C\C(=C(/N=C)NC1CCCCC1)c1ccc(CN2CCCC2)cn1. The second kappa shape index (κ2) is 13.5. The fourth-order valence-corrected chi connectivity index (χ4v) is 4.37. The third-order valence-electron chi connectivity index (χ3n) is 6.18. The molecule has 0 bridgehead atoms. The lowest BCUT2D eigenvalue weighted by molar-refractivity contribution is 0.331. The van der Waals surface area contributed by atoms with Crippen molar-refractivity contribution in [1.29, 1.82) is 0 Å². The van der Waals surface area contributed by atoms with Gasteiger partial charge in [0.25, 0.3) is 0 Å². The molecule has 0 radical (unpaired) electrons. The Morgan fingerprint density at radius 1 is 1.12 bits per heavy atom. The zero-order chi connectivity index (χ0) is 23.3. The highest BCUT2D eigenvalue weighted by atomic mass is 15.1. The van der Waals surface area contributed by atoms with Crippen molar-refractivity contribution in [2.75, 3.05) is 19.8 Å². The van der Waals surface area contributed by atoms with Crippen LogP contribution in [0.25, 0.3) is 5.57 Å². The summed E-state index contributed by atoms with van der Waals surface area (Å²) in [5, 5.41) is 6.83. The highest BCUT2D eigenvalue weighted by Crippen LogP contribution is 2.22. The first-order valence-corrected chi connectivity index (χ1v) is 12.1. The Kier molecular flexibility index (Phi) is 10.1. The van der Waals surface area contributed by atoms with Crippen molar-refractivity contribution in [1.82, 2.24) is 20.5 Å². The number of nitrogens with zero attached hydrogens (tertiary/aromatic N) is 4. The molecular formula is C27H38N6. The number of hydrogen-bond donors (Lipinski definition) is 2. The molecule has 1 saturated carbocycles. The summed E-state index contributed by atoms with van der Waals surface area (Å²) in [6.07, 6.45) is 17.8. The van der Waals surface area contributed by atoms with E-state index in [9.17, 15) is 0 Å². The highest BCUT2D eigenvalue weighted by Gasteiger charge is 2.17. The van der Waals surface area contributed by atoms with Crippen LogP contribution in [0, 0.1) is 0 Å². The normalized spacial score (nSPS) is 18.7. The first kappa shape index (κ1) is 24.6. The lowest BCUT2D eigenvalue weighted by Gasteiger charge is -2.24. The van der Waals surface area contributed by atoms with E-state index >= 15 is 0 Å². The van der Waals surface area contributed by atoms with E-state index in [1.165, 1.54) is 50.8 Å². The predicted octanol–water partition coefficient (Wildman–Crippen LogP) is 4.84. The molecule has 0 amide bonds. The van der Waals surface area contributed by atoms with Crippen LogP contribution in [0.1, 0.15) is 56.2 Å². The molecule has 2 N–H and O–H groups in total. The quantitative estimate of drug-likeness (QED) is 0.356. The molecule has 6 nitrogen and oxygen atoms in total. The molecule has 1 aromatic heterocycles. The molecule has 1 aromatic rings. The fraction of sp³-hybridized carbons (Fsp3) is 0.444. The molecule has 0 aromatic carbocycles. The average Bonchev–Trinajstić information content (AvgIpc) is 3.36. The smallest absolute Gasteiger partial charge is 0.136 e. The number of pyridine rings is 1. The zero-order valence-corrected chi connectivity index (χ0v) is 19.8. The van der Waals surface area contributed by atoms with E-state index < -0.39 is 0 Å². The maximum Gasteiger partial charge on any atom is 0.136 e. The van der Waals surface area contributed by atoms with Gasteiger partial charge in [0.15, 0.2) is 0 Å². The van der Waals surface area contributed by atoms with Gasteiger partial charge >= 0.3 is 0 Å². The summed E-state index contributed by atoms with van der Waals surface area (Å²) in [7, 11) is 0. The van der Waals surface area contributed by atoms with Crippen LogP contribution in [0.2, 0.25) is 0 Å². The van der Waals surface area contributed by atoms with Crippen LogP contribution in [0.3, 0.4) is 0 Å². The Hall–Kier alpha value is -2.99. The number of likely N-dealkylation sites (tertiary alicyclic amines) is 1. The molecule has 33 heavy (non-hydrogen) atoms. The van der Waals surface area contributed by atoms with Crippen molar-refractivity contribution in [3.05, 3.63) is 72.5 Å². The summed E-state index contributed by atoms with van der Waals surface area (Å²) in [6.45, 7) is 15.1. The first-order chi connectivity index (χ1) is 16.2. The van der Waals surface area contributed by atoms with E-state index in [1.54, 1.807) is 12.2 Å². The molecule has 176 valence electrons. The first-order valence-electron chi connectivity index (χ1n) is 12.1. The van der Waals surface area contributed by atoms with Gasteiger partial charge in [-0.1, -0.05) is 44.6 Å². The van der Waals surface area contributed by atoms with Crippen LogP contribution in [0.15, 0.2) is 71.2 Å². The summed E-state index contributed by atoms with van der Waals surface area (Å²) >= 11 is 0. The maximum absolute atomic E-state index is 4.78. The predicted molar refractivity (Wildman–Crippen MR) is 140 cm³/mol. The topological polar surface area (TPSA) is 64.9 Å². The van der Waals surface area contributed by atoms with Gasteiger partial charge in [-0.25, -0.2) is 4.99 Å². The van der Waals surface area contributed by atoms with Gasteiger partial charge in [-0.3, -0.25) is 14.9 Å². The van der Waals surface area contributed by atoms with Gasteiger partial charge in [0.2, 0.25) is 0 Å². The molecule has 1 aliphatic carbocycles. The number of aliphatic imine (C=N–C) groups is 2. The number of nitrogens with one attached hydrogen (secondary N) is 2. The van der Waals surface area contributed by atoms with E-state index in [0.29, 0.717) is 12.7 Å². The lowest BCUT2D eigenvalue weighted by Crippen LogP contribution is -2.30. The molecule has 2 aliphatic rings. The van der Waals surface area contributed by atoms with Crippen LogP contribution in [-0.2, 0) is 6.54 Å². The Bertz CT molecular complexity index is 868. The minimum absolute atomic E-state index is 0.413. The molecule has 1 aliphatic heterocycles. The number of aromatic nitrogens is 1. The standard InChI is InChI=1S/C27H38N6/c1-4-11-23(5-2)31-21-29-19-25(27(28-3)32-24-12-7-6-8-13-24)26-15-14-22(18-30-26)20-33-16-9-10-17-33/h4-5,11,14-15,18-19,24,31-32H,1-3,6-10,12-13,16-17,20-21H2/b23-11+,27-25-,29-19-. The van der Waals surface area contributed by atoms with Gasteiger partial charge in [-0.15, -0.1) is 0 Å². The average molecular weight is 447 g/mol. The Labute approximate surface area is 199 Å². The monoisotopic (exact) mass is 446 g/mol. The summed E-state index contributed by atoms with van der Waals surface area (Å²) in [5.41, 5.74) is 3.81. The summed E-state index contributed by atoms with van der Waals surface area (Å²) in [4.78, 5) is 16.2. The molecule has 0 unspecified atom stereocenters. The van der Waals surface area contributed by atoms with Crippen molar-refractivity contribution < 1.29 is 0 Å². The minimum atomic E-state index is 0.413. The maximum atomic E-state index is 4.78. The summed E-state index contributed by atoms with van der Waals surface area (Å²) in [6, 6.07) is 4.65. The summed E-state index contributed by atoms with van der Waals surface area (Å²) in [5.74, 6) is 0.746. The fourth-order valence-electron chi connectivity index (χ4n) is 4.37. The Balaban J connectivity index is 1.79. The van der Waals surface area contributed by atoms with E-state index in [-0.39, 0.29) is 0 Å². The third kappa shape index (κ3) is 7.82. The van der Waals surface area contributed by atoms with E-state index in [2.05, 4.69) is 57.5 Å². The molecule has 6 heteroatoms. The van der Waals surface area contributed by atoms with E-state index in [0.717, 1.165) is 42.2 Å². The Morgan fingerprint density at radius 3 is 2.55 bits per heavy atom. The van der Waals surface area contributed by atoms with Gasteiger partial charge in [0, 0.05) is 30.7 Å². The molecule has 3 rings (SSSR count). The van der Waals surface area contributed by atoms with Crippen LogP contribution in [0.4, 0.5) is 0 Å². The molecular weight excluding hydrogens is 408 g/mol. The van der Waals surface area contributed by atoms with E-state index in [1.807, 2.05) is 18.5 Å².